The molecule has 0 saturated heterocycles. The number of benzene rings is 1. The highest BCUT2D eigenvalue weighted by molar-refractivity contribution is 6.76. The number of nitro benzene ring substituents is 1. The fourth-order valence-electron chi connectivity index (χ4n) is 2.63. The van der Waals surface area contributed by atoms with Gasteiger partial charge in [0.1, 0.15) is 12.4 Å². The van der Waals surface area contributed by atoms with Gasteiger partial charge in [-0.15, -0.1) is 0 Å². The highest BCUT2D eigenvalue weighted by atomic mass is 28.3. The molecule has 26 heavy (non-hydrogen) atoms. The fourth-order valence-corrected chi connectivity index (χ4v) is 3.38. The van der Waals surface area contributed by atoms with E-state index in [-0.39, 0.29) is 12.4 Å². The van der Waals surface area contributed by atoms with Crippen molar-refractivity contribution in [1.82, 2.24) is 14.8 Å². The van der Waals surface area contributed by atoms with Gasteiger partial charge in [0.05, 0.1) is 10.4 Å². The number of hydrogen-bond acceptors (Lipinski definition) is 5. The normalized spacial score (nSPS) is 11.8. The average Bonchev–Trinajstić information content (AvgIpc) is 2.96. The largest absolute Gasteiger partial charge is 0.360 e. The van der Waals surface area contributed by atoms with Gasteiger partial charge >= 0.3 is 0 Å². The van der Waals surface area contributed by atoms with E-state index in [1.165, 1.54) is 6.07 Å². The first-order valence-electron chi connectivity index (χ1n) is 8.48. The number of hydrogen-bond donors (Lipinski definition) is 0. The summed E-state index contributed by atoms with van der Waals surface area (Å²) < 4.78 is 7.50. The highest BCUT2D eigenvalue weighted by Gasteiger charge is 2.17. The molecule has 0 N–H and O–H groups in total. The molecule has 136 valence electrons. The number of fused-ring (bicyclic) bond motifs is 1. The van der Waals surface area contributed by atoms with Crippen molar-refractivity contribution >= 4 is 24.7 Å². The summed E-state index contributed by atoms with van der Waals surface area (Å²) in [5.74, 6) is 0. The molecule has 0 spiro atoms. The molecule has 0 radical (unpaired) electrons. The minimum atomic E-state index is -1.17. The Kier molecular flexibility index (Phi) is 5.15. The predicted octanol–water partition coefficient (Wildman–Crippen LogP) is 4.32. The van der Waals surface area contributed by atoms with Crippen LogP contribution in [-0.2, 0) is 11.5 Å². The van der Waals surface area contributed by atoms with E-state index < -0.39 is 13.0 Å². The lowest BCUT2D eigenvalue weighted by molar-refractivity contribution is -0.384. The molecule has 0 atom stereocenters. The van der Waals surface area contributed by atoms with Gasteiger partial charge in [-0.1, -0.05) is 19.6 Å². The van der Waals surface area contributed by atoms with Crippen LogP contribution in [0.1, 0.15) is 0 Å². The lowest BCUT2D eigenvalue weighted by atomic mass is 10.1. The van der Waals surface area contributed by atoms with Crippen LogP contribution >= 0.6 is 0 Å². The van der Waals surface area contributed by atoms with Crippen LogP contribution < -0.4 is 0 Å². The van der Waals surface area contributed by atoms with Gasteiger partial charge in [-0.3, -0.25) is 15.1 Å². The van der Waals surface area contributed by atoms with Gasteiger partial charge in [-0.05, 0) is 24.2 Å². The summed E-state index contributed by atoms with van der Waals surface area (Å²) in [4.78, 5) is 14.8. The molecule has 0 aliphatic heterocycles. The summed E-state index contributed by atoms with van der Waals surface area (Å²) in [6.07, 6.45) is 3.41. The Morgan fingerprint density at radius 1 is 1.19 bits per heavy atom. The number of nitro groups is 1. The van der Waals surface area contributed by atoms with Crippen molar-refractivity contribution in [3.8, 4) is 11.3 Å². The van der Waals surface area contributed by atoms with Gasteiger partial charge < -0.3 is 4.74 Å². The SMILES string of the molecule is C[Si](C)(C)CCOCn1nc(-c2ccncc2)c2ccc([N+](=O)[O-])cc21. The van der Waals surface area contributed by atoms with E-state index in [9.17, 15) is 10.1 Å². The first-order chi connectivity index (χ1) is 12.3. The maximum absolute atomic E-state index is 11.1. The Labute approximate surface area is 152 Å². The zero-order chi connectivity index (χ0) is 18.7. The van der Waals surface area contributed by atoms with Crippen LogP contribution in [0.3, 0.4) is 0 Å². The Balaban J connectivity index is 1.95. The number of rotatable bonds is 7. The molecule has 8 heteroatoms. The summed E-state index contributed by atoms with van der Waals surface area (Å²) in [5, 5.41) is 16.6. The van der Waals surface area contributed by atoms with E-state index in [0.29, 0.717) is 12.1 Å². The molecule has 7 nitrogen and oxygen atoms in total. The quantitative estimate of drug-likeness (QED) is 0.268. The van der Waals surface area contributed by atoms with Crippen molar-refractivity contribution in [2.75, 3.05) is 6.61 Å². The molecule has 0 saturated carbocycles. The van der Waals surface area contributed by atoms with Gasteiger partial charge in [0, 0.05) is 50.2 Å². The van der Waals surface area contributed by atoms with Crippen LogP contribution in [0.25, 0.3) is 22.2 Å². The lowest BCUT2D eigenvalue weighted by Gasteiger charge is -2.15. The molecule has 0 fully saturated rings. The van der Waals surface area contributed by atoms with Crippen molar-refractivity contribution in [3.63, 3.8) is 0 Å². The zero-order valence-electron chi connectivity index (χ0n) is 15.2. The molecule has 0 aliphatic rings. The molecule has 1 aromatic carbocycles. The molecule has 0 aliphatic carbocycles. The Hall–Kier alpha value is -2.58. The van der Waals surface area contributed by atoms with Crippen LogP contribution in [0, 0.1) is 10.1 Å². The van der Waals surface area contributed by atoms with Gasteiger partial charge in [0.15, 0.2) is 0 Å². The second-order valence-corrected chi connectivity index (χ2v) is 13.0. The summed E-state index contributed by atoms with van der Waals surface area (Å²) >= 11 is 0. The van der Waals surface area contributed by atoms with Gasteiger partial charge in [0.2, 0.25) is 0 Å². The topological polar surface area (TPSA) is 83.1 Å². The van der Waals surface area contributed by atoms with Crippen LogP contribution in [0.5, 0.6) is 0 Å². The zero-order valence-corrected chi connectivity index (χ0v) is 16.2. The smallest absolute Gasteiger partial charge is 0.271 e. The monoisotopic (exact) mass is 370 g/mol. The lowest BCUT2D eigenvalue weighted by Crippen LogP contribution is -2.22. The second-order valence-electron chi connectivity index (χ2n) is 7.39. The molecular weight excluding hydrogens is 348 g/mol. The second kappa shape index (κ2) is 7.34. The summed E-state index contributed by atoms with van der Waals surface area (Å²) in [6.45, 7) is 7.82. The third-order valence-electron chi connectivity index (χ3n) is 4.11. The average molecular weight is 370 g/mol. The van der Waals surface area contributed by atoms with E-state index in [0.717, 1.165) is 22.7 Å². The van der Waals surface area contributed by atoms with Crippen LogP contribution in [-0.4, -0.2) is 34.4 Å². The van der Waals surface area contributed by atoms with Crippen molar-refractivity contribution in [2.24, 2.45) is 0 Å². The highest BCUT2D eigenvalue weighted by Crippen LogP contribution is 2.30. The molecule has 2 aromatic heterocycles. The molecule has 0 amide bonds. The first kappa shape index (κ1) is 18.2. The van der Waals surface area contributed by atoms with Crippen molar-refractivity contribution < 1.29 is 9.66 Å². The number of nitrogens with zero attached hydrogens (tertiary/aromatic N) is 4. The van der Waals surface area contributed by atoms with Gasteiger partial charge in [-0.25, -0.2) is 4.68 Å². The van der Waals surface area contributed by atoms with E-state index in [1.54, 1.807) is 29.2 Å². The standard InChI is InChI=1S/C18H22N4O3Si/c1-26(2,3)11-10-25-13-21-17-12-15(22(23)24)4-5-16(17)18(20-21)14-6-8-19-9-7-14/h4-9,12H,10-11,13H2,1-3H3. The van der Waals surface area contributed by atoms with Gasteiger partial charge in [-0.2, -0.15) is 5.10 Å². The van der Waals surface area contributed by atoms with Crippen molar-refractivity contribution in [1.29, 1.82) is 0 Å². The number of ether oxygens (including phenoxy) is 1. The molecule has 0 bridgehead atoms. The number of pyridine rings is 1. The molecule has 2 heterocycles. The Morgan fingerprint density at radius 3 is 2.58 bits per heavy atom. The van der Waals surface area contributed by atoms with Crippen molar-refractivity contribution in [3.05, 3.63) is 52.8 Å². The molecule has 0 unspecified atom stereocenters. The Bertz CT molecular complexity index is 919. The van der Waals surface area contributed by atoms with E-state index in [1.807, 2.05) is 12.1 Å². The Morgan fingerprint density at radius 2 is 1.92 bits per heavy atom. The maximum atomic E-state index is 11.1. The third-order valence-corrected chi connectivity index (χ3v) is 5.81. The van der Waals surface area contributed by atoms with E-state index in [2.05, 4.69) is 29.7 Å². The van der Waals surface area contributed by atoms with Crippen LogP contribution in [0.15, 0.2) is 42.7 Å². The number of aromatic nitrogens is 3. The maximum Gasteiger partial charge on any atom is 0.271 e. The molecular formula is C18H22N4O3Si. The summed E-state index contributed by atoms with van der Waals surface area (Å²) in [5.41, 5.74) is 2.42. The third kappa shape index (κ3) is 4.14. The first-order valence-corrected chi connectivity index (χ1v) is 12.2. The summed E-state index contributed by atoms with van der Waals surface area (Å²) in [6, 6.07) is 9.61. The van der Waals surface area contributed by atoms with E-state index >= 15 is 0 Å². The van der Waals surface area contributed by atoms with Gasteiger partial charge in [0.25, 0.3) is 5.69 Å². The number of non-ortho nitro benzene ring substituents is 1. The predicted molar refractivity (Wildman–Crippen MR) is 104 cm³/mol. The minimum absolute atomic E-state index is 0.0435. The van der Waals surface area contributed by atoms with Crippen LogP contribution in [0.2, 0.25) is 25.7 Å². The molecule has 3 aromatic rings. The summed E-state index contributed by atoms with van der Waals surface area (Å²) in [7, 11) is -1.17. The van der Waals surface area contributed by atoms with Crippen molar-refractivity contribution in [2.45, 2.75) is 32.4 Å². The minimum Gasteiger partial charge on any atom is -0.360 e. The fraction of sp³-hybridized carbons (Fsp3) is 0.333. The van der Waals surface area contributed by atoms with E-state index in [4.69, 9.17) is 4.74 Å². The van der Waals surface area contributed by atoms with Crippen LogP contribution in [0.4, 0.5) is 5.69 Å². The molecule has 3 rings (SSSR count).